The minimum atomic E-state index is -1.95. The van der Waals surface area contributed by atoms with E-state index in [1.807, 2.05) is 0 Å². The SMILES string of the molecule is CCCCCCCC/C=C/CO[Si](C)(C)OCCCCCCCCCCCCCCCCC. The Bertz CT molecular complexity index is 395. The molecule has 0 unspecified atom stereocenters. The second kappa shape index (κ2) is 26.5. The Morgan fingerprint density at radius 1 is 0.455 bits per heavy atom. The summed E-state index contributed by atoms with van der Waals surface area (Å²) in [5, 5.41) is 0. The smallest absolute Gasteiger partial charge is 0.331 e. The van der Waals surface area contributed by atoms with Gasteiger partial charge in [-0.15, -0.1) is 0 Å². The average molecular weight is 483 g/mol. The number of allylic oxidation sites excluding steroid dienone is 1. The van der Waals surface area contributed by atoms with E-state index < -0.39 is 8.56 Å². The quantitative estimate of drug-likeness (QED) is 0.0658. The lowest BCUT2D eigenvalue weighted by Crippen LogP contribution is -2.35. The highest BCUT2D eigenvalue weighted by molar-refractivity contribution is 6.64. The van der Waals surface area contributed by atoms with Crippen LogP contribution < -0.4 is 0 Å². The highest BCUT2D eigenvalue weighted by atomic mass is 28.4. The van der Waals surface area contributed by atoms with Crippen LogP contribution in [0.25, 0.3) is 0 Å². The van der Waals surface area contributed by atoms with E-state index in [0.717, 1.165) is 6.61 Å². The van der Waals surface area contributed by atoms with Crippen molar-refractivity contribution in [2.45, 2.75) is 168 Å². The Kier molecular flexibility index (Phi) is 26.4. The first kappa shape index (κ1) is 32.9. The third-order valence-corrected chi connectivity index (χ3v) is 8.38. The molecular formula is C30H62O2Si. The molecule has 0 aliphatic heterocycles. The lowest BCUT2D eigenvalue weighted by Gasteiger charge is -2.22. The number of rotatable bonds is 27. The third-order valence-electron chi connectivity index (χ3n) is 6.62. The van der Waals surface area contributed by atoms with Gasteiger partial charge in [0.1, 0.15) is 0 Å². The van der Waals surface area contributed by atoms with Crippen LogP contribution in [0.5, 0.6) is 0 Å². The molecule has 0 N–H and O–H groups in total. The van der Waals surface area contributed by atoms with Crippen molar-refractivity contribution in [2.75, 3.05) is 13.2 Å². The maximum atomic E-state index is 6.11. The molecule has 0 aliphatic carbocycles. The fourth-order valence-electron chi connectivity index (χ4n) is 4.31. The maximum absolute atomic E-state index is 6.11. The number of hydrogen-bond acceptors (Lipinski definition) is 2. The number of unbranched alkanes of at least 4 members (excludes halogenated alkanes) is 20. The van der Waals surface area contributed by atoms with E-state index >= 15 is 0 Å². The fourth-order valence-corrected chi connectivity index (χ4v) is 5.53. The third kappa shape index (κ3) is 28.0. The van der Waals surface area contributed by atoms with Crippen molar-refractivity contribution in [1.29, 1.82) is 0 Å². The Morgan fingerprint density at radius 3 is 1.30 bits per heavy atom. The summed E-state index contributed by atoms with van der Waals surface area (Å²) >= 11 is 0. The van der Waals surface area contributed by atoms with Gasteiger partial charge in [-0.3, -0.25) is 0 Å². The van der Waals surface area contributed by atoms with Crippen molar-refractivity contribution in [2.24, 2.45) is 0 Å². The molecule has 0 spiro atoms. The molecule has 0 bridgehead atoms. The van der Waals surface area contributed by atoms with Crippen molar-refractivity contribution in [3.05, 3.63) is 12.2 Å². The van der Waals surface area contributed by atoms with Gasteiger partial charge in [0.15, 0.2) is 0 Å². The molecule has 0 rings (SSSR count). The molecule has 0 atom stereocenters. The first-order valence-electron chi connectivity index (χ1n) is 15.0. The van der Waals surface area contributed by atoms with Gasteiger partial charge in [0.25, 0.3) is 0 Å². The summed E-state index contributed by atoms with van der Waals surface area (Å²) in [6.45, 7) is 10.5. The molecule has 0 fully saturated rings. The summed E-state index contributed by atoms with van der Waals surface area (Å²) in [5.74, 6) is 0. The molecular weight excluding hydrogens is 420 g/mol. The van der Waals surface area contributed by atoms with Crippen molar-refractivity contribution in [3.63, 3.8) is 0 Å². The van der Waals surface area contributed by atoms with Gasteiger partial charge in [0, 0.05) is 6.61 Å². The van der Waals surface area contributed by atoms with E-state index in [2.05, 4.69) is 39.1 Å². The van der Waals surface area contributed by atoms with Gasteiger partial charge in [0.2, 0.25) is 0 Å². The molecule has 0 amide bonds. The molecule has 0 saturated carbocycles. The summed E-state index contributed by atoms with van der Waals surface area (Å²) < 4.78 is 12.2. The van der Waals surface area contributed by atoms with Gasteiger partial charge < -0.3 is 8.85 Å². The van der Waals surface area contributed by atoms with E-state index in [9.17, 15) is 0 Å². The van der Waals surface area contributed by atoms with E-state index in [4.69, 9.17) is 8.85 Å². The largest absolute Gasteiger partial charge is 0.395 e. The summed E-state index contributed by atoms with van der Waals surface area (Å²) in [4.78, 5) is 0. The van der Waals surface area contributed by atoms with Gasteiger partial charge in [0.05, 0.1) is 6.61 Å². The average Bonchev–Trinajstić information content (AvgIpc) is 2.80. The van der Waals surface area contributed by atoms with Gasteiger partial charge in [-0.25, -0.2) is 0 Å². The van der Waals surface area contributed by atoms with Crippen LogP contribution in [-0.2, 0) is 8.85 Å². The zero-order valence-electron chi connectivity index (χ0n) is 23.4. The Labute approximate surface area is 210 Å². The van der Waals surface area contributed by atoms with Gasteiger partial charge in [-0.2, -0.15) is 0 Å². The first-order valence-corrected chi connectivity index (χ1v) is 17.9. The summed E-state index contributed by atoms with van der Waals surface area (Å²) in [5.41, 5.74) is 0. The van der Waals surface area contributed by atoms with E-state index in [1.165, 1.54) is 141 Å². The van der Waals surface area contributed by atoms with Crippen LogP contribution >= 0.6 is 0 Å². The normalized spacial score (nSPS) is 12.2. The van der Waals surface area contributed by atoms with Gasteiger partial charge >= 0.3 is 8.56 Å². The van der Waals surface area contributed by atoms with Crippen LogP contribution in [-0.4, -0.2) is 21.8 Å². The second-order valence-electron chi connectivity index (χ2n) is 10.5. The predicted molar refractivity (Wildman–Crippen MR) is 151 cm³/mol. The van der Waals surface area contributed by atoms with Gasteiger partial charge in [-0.05, 0) is 32.4 Å². The zero-order valence-corrected chi connectivity index (χ0v) is 24.4. The Hall–Kier alpha value is -0.123. The van der Waals surface area contributed by atoms with Crippen molar-refractivity contribution in [3.8, 4) is 0 Å². The van der Waals surface area contributed by atoms with Crippen molar-refractivity contribution < 1.29 is 8.85 Å². The number of hydrogen-bond donors (Lipinski definition) is 0. The molecule has 0 aromatic heterocycles. The summed E-state index contributed by atoms with van der Waals surface area (Å²) in [6, 6.07) is 0. The van der Waals surface area contributed by atoms with E-state index in [0.29, 0.717) is 6.61 Å². The van der Waals surface area contributed by atoms with Crippen LogP contribution in [0, 0.1) is 0 Å². The molecule has 0 saturated heterocycles. The molecule has 0 heterocycles. The predicted octanol–water partition coefficient (Wildman–Crippen LogP) is 10.9. The molecule has 3 heteroatoms. The molecule has 0 radical (unpaired) electrons. The lowest BCUT2D eigenvalue weighted by atomic mass is 10.0. The molecule has 2 nitrogen and oxygen atoms in total. The van der Waals surface area contributed by atoms with Crippen LogP contribution in [0.2, 0.25) is 13.1 Å². The highest BCUT2D eigenvalue weighted by Crippen LogP contribution is 2.14. The molecule has 0 aromatic carbocycles. The molecule has 0 aliphatic rings. The Balaban J connectivity index is 3.33. The topological polar surface area (TPSA) is 18.5 Å². The monoisotopic (exact) mass is 482 g/mol. The van der Waals surface area contributed by atoms with E-state index in [1.54, 1.807) is 0 Å². The van der Waals surface area contributed by atoms with Crippen LogP contribution in [0.15, 0.2) is 12.2 Å². The Morgan fingerprint density at radius 2 is 0.848 bits per heavy atom. The highest BCUT2D eigenvalue weighted by Gasteiger charge is 2.23. The lowest BCUT2D eigenvalue weighted by molar-refractivity contribution is 0.190. The van der Waals surface area contributed by atoms with Crippen LogP contribution in [0.4, 0.5) is 0 Å². The summed E-state index contributed by atoms with van der Waals surface area (Å²) in [6.07, 6.45) is 35.0. The minimum absolute atomic E-state index is 0.716. The maximum Gasteiger partial charge on any atom is 0.331 e. The van der Waals surface area contributed by atoms with Gasteiger partial charge in [-0.1, -0.05) is 148 Å². The zero-order chi connectivity index (χ0) is 24.3. The minimum Gasteiger partial charge on any atom is -0.395 e. The summed E-state index contributed by atoms with van der Waals surface area (Å²) in [7, 11) is -1.95. The molecule has 33 heavy (non-hydrogen) atoms. The second-order valence-corrected chi connectivity index (χ2v) is 13.9. The first-order chi connectivity index (χ1) is 16.1. The molecule has 0 aromatic rings. The van der Waals surface area contributed by atoms with Crippen molar-refractivity contribution in [1.82, 2.24) is 0 Å². The molecule has 198 valence electrons. The standard InChI is InChI=1S/C30H62O2Si/c1-5-7-9-11-13-15-16-17-18-19-20-22-24-26-28-30-32-33(3,4)31-29-27-25-23-21-14-12-10-8-6-2/h25,27H,5-24,26,28-30H2,1-4H3/b27-25+. The fraction of sp³-hybridized carbons (Fsp3) is 0.933. The van der Waals surface area contributed by atoms with Crippen molar-refractivity contribution >= 4 is 8.56 Å². The van der Waals surface area contributed by atoms with Crippen LogP contribution in [0.1, 0.15) is 155 Å². The van der Waals surface area contributed by atoms with E-state index in [-0.39, 0.29) is 0 Å². The van der Waals surface area contributed by atoms with Crippen LogP contribution in [0.3, 0.4) is 0 Å².